The van der Waals surface area contributed by atoms with Crippen LogP contribution in [0.1, 0.15) is 43.0 Å². The molecule has 3 nitrogen and oxygen atoms in total. The summed E-state index contributed by atoms with van der Waals surface area (Å²) in [6, 6.07) is 4.93. The summed E-state index contributed by atoms with van der Waals surface area (Å²) in [4.78, 5) is 12.0. The van der Waals surface area contributed by atoms with Crippen LogP contribution in [0.5, 0.6) is 5.75 Å². The van der Waals surface area contributed by atoms with E-state index < -0.39 is 0 Å². The number of carbonyl (C=O) groups excluding carboxylic acids is 1. The lowest BCUT2D eigenvalue weighted by molar-refractivity contribution is 0.0941. The third-order valence-electron chi connectivity index (χ3n) is 3.57. The Kier molecular flexibility index (Phi) is 3.95. The van der Waals surface area contributed by atoms with Gasteiger partial charge in [0.1, 0.15) is 5.75 Å². The Hall–Kier alpha value is -1.03. The number of hydrogen-bond acceptors (Lipinski definition) is 2. The van der Waals surface area contributed by atoms with E-state index in [0.29, 0.717) is 11.0 Å². The highest BCUT2D eigenvalue weighted by atomic mass is 79.9. The summed E-state index contributed by atoms with van der Waals surface area (Å²) in [5.74, 6) is -0.176. The largest absolute Gasteiger partial charge is 0.507 e. The van der Waals surface area contributed by atoms with Gasteiger partial charge in [0.15, 0.2) is 0 Å². The third kappa shape index (κ3) is 3.05. The van der Waals surface area contributed by atoms with Gasteiger partial charge >= 0.3 is 0 Å². The Morgan fingerprint density at radius 1 is 1.50 bits per heavy atom. The van der Waals surface area contributed by atoms with E-state index in [9.17, 15) is 9.90 Å². The Labute approximate surface area is 116 Å². The summed E-state index contributed by atoms with van der Waals surface area (Å²) < 4.78 is 0.765. The van der Waals surface area contributed by atoms with E-state index in [0.717, 1.165) is 17.4 Å². The molecule has 0 atom stereocenters. The van der Waals surface area contributed by atoms with Gasteiger partial charge in [-0.15, -0.1) is 0 Å². The molecule has 1 aliphatic rings. The quantitative estimate of drug-likeness (QED) is 0.875. The average molecular weight is 312 g/mol. The highest BCUT2D eigenvalue weighted by molar-refractivity contribution is 9.10. The molecule has 1 aromatic rings. The minimum atomic E-state index is -0.192. The van der Waals surface area contributed by atoms with Crippen LogP contribution in [0.3, 0.4) is 0 Å². The van der Waals surface area contributed by atoms with E-state index in [1.807, 2.05) is 0 Å². The molecule has 0 heterocycles. The molecule has 2 N–H and O–H groups in total. The molecule has 4 heteroatoms. The van der Waals surface area contributed by atoms with E-state index in [1.54, 1.807) is 12.1 Å². The van der Waals surface area contributed by atoms with Crippen LogP contribution in [0.15, 0.2) is 22.7 Å². The van der Waals surface area contributed by atoms with Gasteiger partial charge in [-0.2, -0.15) is 0 Å². The van der Waals surface area contributed by atoms with Crippen molar-refractivity contribution < 1.29 is 9.90 Å². The lowest BCUT2D eigenvalue weighted by Gasteiger charge is -2.15. The molecule has 0 bridgehead atoms. The molecular formula is C14H18BrNO2. The van der Waals surface area contributed by atoms with E-state index in [2.05, 4.69) is 28.2 Å². The van der Waals surface area contributed by atoms with Gasteiger partial charge in [0.05, 0.1) is 5.56 Å². The molecule has 1 amide bonds. The first-order valence-electron chi connectivity index (χ1n) is 6.33. The van der Waals surface area contributed by atoms with Crippen molar-refractivity contribution in [1.29, 1.82) is 0 Å². The molecule has 0 aliphatic heterocycles. The number of amides is 1. The number of rotatable bonds is 5. The summed E-state index contributed by atoms with van der Waals surface area (Å²) in [5, 5.41) is 12.7. The molecule has 0 radical (unpaired) electrons. The fourth-order valence-corrected chi connectivity index (χ4v) is 2.63. The van der Waals surface area contributed by atoms with Gasteiger partial charge in [0, 0.05) is 11.0 Å². The van der Waals surface area contributed by atoms with Gasteiger partial charge in [0.25, 0.3) is 5.91 Å². The lowest BCUT2D eigenvalue weighted by atomic mass is 10.0. The maximum atomic E-state index is 12.0. The van der Waals surface area contributed by atoms with Gasteiger partial charge in [-0.1, -0.05) is 29.3 Å². The van der Waals surface area contributed by atoms with Crippen molar-refractivity contribution in [3.8, 4) is 5.75 Å². The number of carbonyl (C=O) groups is 1. The van der Waals surface area contributed by atoms with Crippen LogP contribution in [-0.2, 0) is 0 Å². The minimum absolute atomic E-state index is 0.0159. The van der Waals surface area contributed by atoms with Crippen LogP contribution in [-0.4, -0.2) is 17.6 Å². The molecule has 1 saturated carbocycles. The van der Waals surface area contributed by atoms with Crippen molar-refractivity contribution in [2.45, 2.75) is 32.6 Å². The van der Waals surface area contributed by atoms with Crippen LogP contribution in [0.4, 0.5) is 0 Å². The van der Waals surface area contributed by atoms with E-state index in [4.69, 9.17) is 0 Å². The number of phenolic OH excluding ortho intramolecular Hbond substituents is 1. The molecular weight excluding hydrogens is 294 g/mol. The number of hydrogen-bond donors (Lipinski definition) is 2. The van der Waals surface area contributed by atoms with Gasteiger partial charge < -0.3 is 10.4 Å². The van der Waals surface area contributed by atoms with Crippen molar-refractivity contribution in [2.75, 3.05) is 6.54 Å². The Balaban J connectivity index is 1.96. The van der Waals surface area contributed by atoms with Gasteiger partial charge in [0.2, 0.25) is 0 Å². The zero-order chi connectivity index (χ0) is 13.2. The Bertz CT molecular complexity index is 455. The highest BCUT2D eigenvalue weighted by Gasteiger charge is 2.41. The van der Waals surface area contributed by atoms with Crippen LogP contribution in [0.2, 0.25) is 0 Å². The molecule has 18 heavy (non-hydrogen) atoms. The first-order valence-corrected chi connectivity index (χ1v) is 7.12. The van der Waals surface area contributed by atoms with Crippen molar-refractivity contribution in [3.05, 3.63) is 28.2 Å². The predicted octanol–water partition coefficient (Wildman–Crippen LogP) is 3.46. The summed E-state index contributed by atoms with van der Waals surface area (Å²) in [5.41, 5.74) is 0.667. The van der Waals surface area contributed by atoms with E-state index >= 15 is 0 Å². The molecule has 0 unspecified atom stereocenters. The fraction of sp³-hybridized carbons (Fsp3) is 0.500. The third-order valence-corrected chi connectivity index (χ3v) is 4.06. The normalized spacial score (nSPS) is 16.3. The molecule has 1 aromatic carbocycles. The van der Waals surface area contributed by atoms with Crippen molar-refractivity contribution in [2.24, 2.45) is 5.41 Å². The van der Waals surface area contributed by atoms with Crippen molar-refractivity contribution in [1.82, 2.24) is 5.32 Å². The summed E-state index contributed by atoms with van der Waals surface area (Å²) in [7, 11) is 0. The van der Waals surface area contributed by atoms with Crippen molar-refractivity contribution in [3.63, 3.8) is 0 Å². The Morgan fingerprint density at radius 2 is 2.22 bits per heavy atom. The second kappa shape index (κ2) is 5.31. The molecule has 1 aliphatic carbocycles. The number of nitrogens with one attached hydrogen (secondary N) is 1. The Morgan fingerprint density at radius 3 is 2.78 bits per heavy atom. The standard InChI is InChI=1S/C14H18BrNO2/c1-2-5-14(6-7-14)9-16-13(18)11-4-3-10(15)8-12(11)17/h3-4,8,17H,2,5-7,9H2,1H3,(H,16,18). The molecule has 2 rings (SSSR count). The first-order chi connectivity index (χ1) is 8.56. The highest BCUT2D eigenvalue weighted by Crippen LogP contribution is 2.48. The van der Waals surface area contributed by atoms with Crippen LogP contribution in [0, 0.1) is 5.41 Å². The molecule has 1 fully saturated rings. The number of benzene rings is 1. The van der Waals surface area contributed by atoms with Crippen molar-refractivity contribution >= 4 is 21.8 Å². The van der Waals surface area contributed by atoms with Crippen LogP contribution in [0.25, 0.3) is 0 Å². The van der Waals surface area contributed by atoms with E-state index in [1.165, 1.54) is 25.3 Å². The monoisotopic (exact) mass is 311 g/mol. The van der Waals surface area contributed by atoms with Gasteiger partial charge in [-0.3, -0.25) is 4.79 Å². The first kappa shape index (κ1) is 13.4. The van der Waals surface area contributed by atoms with Gasteiger partial charge in [-0.05, 0) is 42.9 Å². The smallest absolute Gasteiger partial charge is 0.255 e. The van der Waals surface area contributed by atoms with E-state index in [-0.39, 0.29) is 11.7 Å². The fourth-order valence-electron chi connectivity index (χ4n) is 2.28. The number of phenols is 1. The molecule has 0 spiro atoms. The summed E-state index contributed by atoms with van der Waals surface area (Å²) in [6.45, 7) is 2.89. The van der Waals surface area contributed by atoms with Gasteiger partial charge in [-0.25, -0.2) is 0 Å². The average Bonchev–Trinajstić information content (AvgIpc) is 3.07. The second-order valence-electron chi connectivity index (χ2n) is 5.09. The second-order valence-corrected chi connectivity index (χ2v) is 6.01. The lowest BCUT2D eigenvalue weighted by Crippen LogP contribution is -2.30. The molecule has 0 saturated heterocycles. The van der Waals surface area contributed by atoms with Crippen LogP contribution >= 0.6 is 15.9 Å². The summed E-state index contributed by atoms with van der Waals surface area (Å²) >= 11 is 3.25. The molecule has 0 aromatic heterocycles. The zero-order valence-corrected chi connectivity index (χ0v) is 12.1. The summed E-state index contributed by atoms with van der Waals surface area (Å²) in [6.07, 6.45) is 4.72. The number of halogens is 1. The topological polar surface area (TPSA) is 49.3 Å². The van der Waals surface area contributed by atoms with Crippen LogP contribution < -0.4 is 5.32 Å². The maximum absolute atomic E-state index is 12.0. The number of aromatic hydroxyl groups is 1. The zero-order valence-electron chi connectivity index (χ0n) is 10.5. The minimum Gasteiger partial charge on any atom is -0.507 e. The molecule has 98 valence electrons. The predicted molar refractivity (Wildman–Crippen MR) is 74.7 cm³/mol. The maximum Gasteiger partial charge on any atom is 0.255 e. The SMILES string of the molecule is CCCC1(CNC(=O)c2ccc(Br)cc2O)CC1.